The molecule has 0 bridgehead atoms. The van der Waals surface area contributed by atoms with Crippen molar-refractivity contribution < 1.29 is 8.91 Å². The van der Waals surface area contributed by atoms with Gasteiger partial charge in [0.05, 0.1) is 5.56 Å². The fourth-order valence-corrected chi connectivity index (χ4v) is 2.71. The molecule has 0 unspecified atom stereocenters. The zero-order valence-corrected chi connectivity index (χ0v) is 12.5. The number of rotatable bonds is 4. The molecule has 1 aliphatic rings. The maximum Gasteiger partial charge on any atom is 0.261 e. The standard InChI is InChI=1S/C17H15FN4O/c1-10-20-17(23-22-10)13-3-2-8-19-16(13)21-15-9-14(15)11-4-6-12(18)7-5-11/h2-8,14-15H,9H2,1H3,(H,19,21)/t14-,15+/m0/s1. The first kappa shape index (κ1) is 13.9. The molecule has 6 heteroatoms. The lowest BCUT2D eigenvalue weighted by molar-refractivity contribution is 0.425. The Kier molecular flexibility index (Phi) is 3.29. The number of hydrogen-bond acceptors (Lipinski definition) is 5. The Bertz CT molecular complexity index is 831. The molecule has 1 aliphatic carbocycles. The molecule has 1 aromatic carbocycles. The van der Waals surface area contributed by atoms with E-state index in [0.29, 0.717) is 17.6 Å². The maximum atomic E-state index is 13.0. The molecule has 1 saturated carbocycles. The summed E-state index contributed by atoms with van der Waals surface area (Å²) in [6.45, 7) is 1.78. The lowest BCUT2D eigenvalue weighted by Gasteiger charge is -2.08. The highest BCUT2D eigenvalue weighted by atomic mass is 19.1. The molecule has 3 aromatic rings. The van der Waals surface area contributed by atoms with Crippen LogP contribution >= 0.6 is 0 Å². The van der Waals surface area contributed by atoms with Crippen molar-refractivity contribution in [3.8, 4) is 11.5 Å². The zero-order valence-electron chi connectivity index (χ0n) is 12.5. The van der Waals surface area contributed by atoms with Gasteiger partial charge in [-0.2, -0.15) is 4.98 Å². The number of halogens is 1. The predicted molar refractivity (Wildman–Crippen MR) is 83.4 cm³/mol. The minimum Gasteiger partial charge on any atom is -0.366 e. The van der Waals surface area contributed by atoms with Gasteiger partial charge in [0.15, 0.2) is 5.82 Å². The average molecular weight is 310 g/mol. The Balaban J connectivity index is 1.53. The van der Waals surface area contributed by atoms with Gasteiger partial charge in [0.25, 0.3) is 5.89 Å². The van der Waals surface area contributed by atoms with Crippen LogP contribution < -0.4 is 5.32 Å². The Morgan fingerprint density at radius 2 is 2.04 bits per heavy atom. The molecule has 0 radical (unpaired) electrons. The van der Waals surface area contributed by atoms with Crippen LogP contribution in [0.4, 0.5) is 10.2 Å². The van der Waals surface area contributed by atoms with Crippen molar-refractivity contribution in [2.45, 2.75) is 25.3 Å². The van der Waals surface area contributed by atoms with Crippen molar-refractivity contribution in [2.24, 2.45) is 0 Å². The molecule has 4 rings (SSSR count). The summed E-state index contributed by atoms with van der Waals surface area (Å²) in [7, 11) is 0. The van der Waals surface area contributed by atoms with Gasteiger partial charge in [0, 0.05) is 18.2 Å². The van der Waals surface area contributed by atoms with Gasteiger partial charge in [-0.05, 0) is 43.2 Å². The third-order valence-corrected chi connectivity index (χ3v) is 3.98. The monoisotopic (exact) mass is 310 g/mol. The van der Waals surface area contributed by atoms with Crippen LogP contribution in [0.15, 0.2) is 47.1 Å². The van der Waals surface area contributed by atoms with Gasteiger partial charge in [-0.15, -0.1) is 0 Å². The number of aromatic nitrogens is 3. The Morgan fingerprint density at radius 1 is 1.22 bits per heavy atom. The third kappa shape index (κ3) is 2.79. The lowest BCUT2D eigenvalue weighted by Crippen LogP contribution is -2.07. The largest absolute Gasteiger partial charge is 0.366 e. The van der Waals surface area contributed by atoms with E-state index in [-0.39, 0.29) is 11.9 Å². The number of aryl methyl sites for hydroxylation is 1. The van der Waals surface area contributed by atoms with E-state index in [1.807, 2.05) is 24.3 Å². The Hall–Kier alpha value is -2.76. The molecule has 23 heavy (non-hydrogen) atoms. The van der Waals surface area contributed by atoms with Crippen molar-refractivity contribution in [3.05, 3.63) is 59.8 Å². The van der Waals surface area contributed by atoms with E-state index < -0.39 is 0 Å². The van der Waals surface area contributed by atoms with Crippen LogP contribution in [-0.2, 0) is 0 Å². The van der Waals surface area contributed by atoms with Crippen molar-refractivity contribution in [1.29, 1.82) is 0 Å². The van der Waals surface area contributed by atoms with E-state index in [4.69, 9.17) is 4.52 Å². The number of pyridine rings is 1. The quantitative estimate of drug-likeness (QED) is 0.798. The molecule has 0 aliphatic heterocycles. The van der Waals surface area contributed by atoms with E-state index in [9.17, 15) is 4.39 Å². The van der Waals surface area contributed by atoms with Crippen molar-refractivity contribution in [3.63, 3.8) is 0 Å². The summed E-state index contributed by atoms with van der Waals surface area (Å²) in [5.41, 5.74) is 1.92. The molecule has 5 nitrogen and oxygen atoms in total. The van der Waals surface area contributed by atoms with Crippen molar-refractivity contribution >= 4 is 5.82 Å². The highest BCUT2D eigenvalue weighted by Gasteiger charge is 2.39. The zero-order chi connectivity index (χ0) is 15.8. The fraction of sp³-hybridized carbons (Fsp3) is 0.235. The molecule has 116 valence electrons. The minimum absolute atomic E-state index is 0.210. The molecule has 2 heterocycles. The topological polar surface area (TPSA) is 63.8 Å². The molecule has 0 saturated heterocycles. The van der Waals surface area contributed by atoms with Gasteiger partial charge in [-0.3, -0.25) is 0 Å². The predicted octanol–water partition coefficient (Wildman–Crippen LogP) is 3.55. The van der Waals surface area contributed by atoms with E-state index in [1.54, 1.807) is 13.1 Å². The van der Waals surface area contributed by atoms with Crippen LogP contribution in [0.25, 0.3) is 11.5 Å². The number of anilines is 1. The van der Waals surface area contributed by atoms with Gasteiger partial charge in [-0.1, -0.05) is 17.3 Å². The van der Waals surface area contributed by atoms with Crippen LogP contribution in [-0.4, -0.2) is 21.2 Å². The molecule has 2 aromatic heterocycles. The van der Waals surface area contributed by atoms with E-state index in [2.05, 4.69) is 20.4 Å². The summed E-state index contributed by atoms with van der Waals surface area (Å²) < 4.78 is 18.2. The van der Waals surface area contributed by atoms with Crippen LogP contribution in [0.1, 0.15) is 23.7 Å². The van der Waals surface area contributed by atoms with E-state index >= 15 is 0 Å². The fourth-order valence-electron chi connectivity index (χ4n) is 2.71. The summed E-state index contributed by atoms with van der Waals surface area (Å²) in [5, 5.41) is 7.25. The first-order valence-corrected chi connectivity index (χ1v) is 7.48. The Morgan fingerprint density at radius 3 is 2.78 bits per heavy atom. The molecule has 2 atom stereocenters. The van der Waals surface area contributed by atoms with Crippen LogP contribution in [0.5, 0.6) is 0 Å². The Labute approximate surface area is 132 Å². The first-order valence-electron chi connectivity index (χ1n) is 7.48. The molecular weight excluding hydrogens is 295 g/mol. The van der Waals surface area contributed by atoms with E-state index in [1.165, 1.54) is 12.1 Å². The molecule has 0 spiro atoms. The van der Waals surface area contributed by atoms with Crippen molar-refractivity contribution in [2.75, 3.05) is 5.32 Å². The number of nitrogens with zero attached hydrogens (tertiary/aromatic N) is 3. The number of hydrogen-bond donors (Lipinski definition) is 1. The molecule has 1 fully saturated rings. The third-order valence-electron chi connectivity index (χ3n) is 3.98. The summed E-state index contributed by atoms with van der Waals surface area (Å²) in [5.74, 6) is 1.93. The SMILES string of the molecule is Cc1noc(-c2cccnc2N[C@@H]2C[C@H]2c2ccc(F)cc2)n1. The van der Waals surface area contributed by atoms with Gasteiger partial charge < -0.3 is 9.84 Å². The second kappa shape index (κ2) is 5.46. The first-order chi connectivity index (χ1) is 11.2. The van der Waals surface area contributed by atoms with Crippen LogP contribution in [0.2, 0.25) is 0 Å². The summed E-state index contributed by atoms with van der Waals surface area (Å²) in [6, 6.07) is 10.7. The van der Waals surface area contributed by atoms with Gasteiger partial charge in [0.2, 0.25) is 0 Å². The molecule has 1 N–H and O–H groups in total. The summed E-state index contributed by atoms with van der Waals surface area (Å²) in [6.07, 6.45) is 2.72. The number of nitrogens with one attached hydrogen (secondary N) is 1. The highest BCUT2D eigenvalue weighted by molar-refractivity contribution is 5.69. The second-order valence-corrected chi connectivity index (χ2v) is 5.69. The van der Waals surface area contributed by atoms with Crippen molar-refractivity contribution in [1.82, 2.24) is 15.1 Å². The summed E-state index contributed by atoms with van der Waals surface area (Å²) >= 11 is 0. The average Bonchev–Trinajstić information content (AvgIpc) is 3.18. The number of benzene rings is 1. The minimum atomic E-state index is -0.210. The normalized spacial score (nSPS) is 19.6. The second-order valence-electron chi connectivity index (χ2n) is 5.69. The van der Waals surface area contributed by atoms with Gasteiger partial charge in [0.1, 0.15) is 11.6 Å². The molecule has 0 amide bonds. The van der Waals surface area contributed by atoms with Gasteiger partial charge in [-0.25, -0.2) is 9.37 Å². The maximum absolute atomic E-state index is 13.0. The lowest BCUT2D eigenvalue weighted by atomic mass is 10.1. The van der Waals surface area contributed by atoms with Gasteiger partial charge >= 0.3 is 0 Å². The smallest absolute Gasteiger partial charge is 0.261 e. The highest BCUT2D eigenvalue weighted by Crippen LogP contribution is 2.43. The van der Waals surface area contributed by atoms with E-state index in [0.717, 1.165) is 23.4 Å². The molecular formula is C17H15FN4O. The van der Waals surface area contributed by atoms with Crippen LogP contribution in [0, 0.1) is 12.7 Å². The summed E-state index contributed by atoms with van der Waals surface area (Å²) in [4.78, 5) is 8.64. The van der Waals surface area contributed by atoms with Crippen LogP contribution in [0.3, 0.4) is 0 Å².